The summed E-state index contributed by atoms with van der Waals surface area (Å²) >= 11 is 5.62. The predicted octanol–water partition coefficient (Wildman–Crippen LogP) is 2.37. The average molecular weight is 228 g/mol. The quantitative estimate of drug-likeness (QED) is 0.524. The molecule has 0 aliphatic heterocycles. The minimum atomic E-state index is 0.676. The first-order valence-corrected chi connectivity index (χ1v) is 5.72. The van der Waals surface area contributed by atoms with Gasteiger partial charge in [-0.05, 0) is 12.6 Å². The van der Waals surface area contributed by atoms with Gasteiger partial charge in [-0.2, -0.15) is 0 Å². The molecule has 0 N–H and O–H groups in total. The van der Waals surface area contributed by atoms with Gasteiger partial charge in [-0.1, -0.05) is 30.3 Å². The van der Waals surface area contributed by atoms with Crippen LogP contribution in [0.1, 0.15) is 5.56 Å². The molecule has 0 fully saturated rings. The summed E-state index contributed by atoms with van der Waals surface area (Å²) in [5, 5.41) is 0. The van der Waals surface area contributed by atoms with E-state index < -0.39 is 0 Å². The highest BCUT2D eigenvalue weighted by Gasteiger charge is 1.96. The fourth-order valence-electron chi connectivity index (χ4n) is 1.24. The summed E-state index contributed by atoms with van der Waals surface area (Å²) in [7, 11) is 2.05. The van der Waals surface area contributed by atoms with Crippen molar-refractivity contribution < 1.29 is 4.74 Å². The number of benzene rings is 1. The van der Waals surface area contributed by atoms with Gasteiger partial charge in [0.1, 0.15) is 0 Å². The van der Waals surface area contributed by atoms with Gasteiger partial charge in [0.05, 0.1) is 13.2 Å². The molecule has 0 atom stereocenters. The first-order valence-electron chi connectivity index (χ1n) is 5.19. The van der Waals surface area contributed by atoms with Crippen molar-refractivity contribution in [2.75, 3.05) is 32.6 Å². The Labute approximate surface area is 96.8 Å². The Kier molecular flexibility index (Phi) is 6.41. The molecule has 0 bridgehead atoms. The van der Waals surface area contributed by atoms with Gasteiger partial charge in [0, 0.05) is 19.0 Å². The molecule has 3 heteroatoms. The van der Waals surface area contributed by atoms with Crippen LogP contribution in [0.5, 0.6) is 0 Å². The first kappa shape index (κ1) is 12.5. The first-order chi connectivity index (χ1) is 7.33. The molecule has 0 saturated heterocycles. The van der Waals surface area contributed by atoms with Crippen molar-refractivity contribution >= 4 is 11.6 Å². The third-order valence-electron chi connectivity index (χ3n) is 2.20. The van der Waals surface area contributed by atoms with Crippen LogP contribution in [0.2, 0.25) is 0 Å². The van der Waals surface area contributed by atoms with Crippen LogP contribution in [0.15, 0.2) is 30.3 Å². The maximum atomic E-state index is 5.62. The lowest BCUT2D eigenvalue weighted by molar-refractivity contribution is 0.101. The van der Waals surface area contributed by atoms with E-state index in [4.69, 9.17) is 16.3 Å². The highest BCUT2D eigenvalue weighted by molar-refractivity contribution is 6.18. The van der Waals surface area contributed by atoms with Crippen molar-refractivity contribution in [1.29, 1.82) is 0 Å². The third-order valence-corrected chi connectivity index (χ3v) is 2.36. The highest BCUT2D eigenvalue weighted by Crippen LogP contribution is 2.00. The second-order valence-electron chi connectivity index (χ2n) is 3.53. The maximum absolute atomic E-state index is 5.62. The van der Waals surface area contributed by atoms with E-state index in [1.54, 1.807) is 0 Å². The van der Waals surface area contributed by atoms with Crippen LogP contribution < -0.4 is 0 Å². The molecule has 1 aromatic carbocycles. The maximum Gasteiger partial charge on any atom is 0.0717 e. The lowest BCUT2D eigenvalue weighted by Crippen LogP contribution is -2.25. The van der Waals surface area contributed by atoms with Crippen molar-refractivity contribution in [3.8, 4) is 0 Å². The van der Waals surface area contributed by atoms with Crippen LogP contribution >= 0.6 is 11.6 Å². The normalized spacial score (nSPS) is 10.9. The van der Waals surface area contributed by atoms with Crippen molar-refractivity contribution in [2.45, 2.75) is 6.61 Å². The summed E-state index contributed by atoms with van der Waals surface area (Å²) in [4.78, 5) is 2.16. The Balaban J connectivity index is 2.07. The smallest absolute Gasteiger partial charge is 0.0717 e. The van der Waals surface area contributed by atoms with Gasteiger partial charge in [-0.15, -0.1) is 11.6 Å². The molecule has 0 spiro atoms. The number of hydrogen-bond donors (Lipinski definition) is 0. The summed E-state index contributed by atoms with van der Waals surface area (Å²) in [5.74, 6) is 0.676. The van der Waals surface area contributed by atoms with Crippen LogP contribution in [0.3, 0.4) is 0 Å². The Bertz CT molecular complexity index is 253. The van der Waals surface area contributed by atoms with Crippen LogP contribution in [-0.2, 0) is 11.3 Å². The molecule has 0 aromatic heterocycles. The number of nitrogens with zero attached hydrogens (tertiary/aromatic N) is 1. The number of rotatable bonds is 7. The molecule has 1 rings (SSSR count). The molecule has 0 unspecified atom stereocenters. The number of halogens is 1. The molecule has 15 heavy (non-hydrogen) atoms. The van der Waals surface area contributed by atoms with E-state index in [1.165, 1.54) is 5.56 Å². The van der Waals surface area contributed by atoms with Crippen molar-refractivity contribution in [3.05, 3.63) is 35.9 Å². The number of alkyl halides is 1. The highest BCUT2D eigenvalue weighted by atomic mass is 35.5. The molecule has 0 aliphatic carbocycles. The standard InChI is InChI=1S/C12H18ClNO/c1-14(8-7-13)9-10-15-11-12-5-3-2-4-6-12/h2-6H,7-11H2,1H3. The molecule has 0 amide bonds. The second kappa shape index (κ2) is 7.69. The lowest BCUT2D eigenvalue weighted by Gasteiger charge is -2.14. The van der Waals surface area contributed by atoms with Gasteiger partial charge in [0.25, 0.3) is 0 Å². The molecule has 2 nitrogen and oxygen atoms in total. The summed E-state index contributed by atoms with van der Waals surface area (Å²) in [6, 6.07) is 10.2. The topological polar surface area (TPSA) is 12.5 Å². The van der Waals surface area contributed by atoms with Gasteiger partial charge in [-0.3, -0.25) is 0 Å². The number of ether oxygens (including phenoxy) is 1. The minimum absolute atomic E-state index is 0.676. The minimum Gasteiger partial charge on any atom is -0.375 e. The molecule has 0 saturated carbocycles. The predicted molar refractivity (Wildman–Crippen MR) is 64.3 cm³/mol. The SMILES string of the molecule is CN(CCCl)CCOCc1ccccc1. The van der Waals surface area contributed by atoms with Gasteiger partial charge >= 0.3 is 0 Å². The van der Waals surface area contributed by atoms with Gasteiger partial charge in [0.15, 0.2) is 0 Å². The van der Waals surface area contributed by atoms with Crippen LogP contribution in [-0.4, -0.2) is 37.5 Å². The zero-order valence-corrected chi connectivity index (χ0v) is 9.91. The van der Waals surface area contributed by atoms with E-state index in [1.807, 2.05) is 25.2 Å². The summed E-state index contributed by atoms with van der Waals surface area (Å²) in [5.41, 5.74) is 1.22. The molecular formula is C12H18ClNO. The summed E-state index contributed by atoms with van der Waals surface area (Å²) in [6.07, 6.45) is 0. The molecule has 0 radical (unpaired) electrons. The average Bonchev–Trinajstić information content (AvgIpc) is 2.26. The van der Waals surface area contributed by atoms with Crippen molar-refractivity contribution in [3.63, 3.8) is 0 Å². The van der Waals surface area contributed by atoms with Crippen molar-refractivity contribution in [2.24, 2.45) is 0 Å². The van der Waals surface area contributed by atoms with E-state index in [0.717, 1.165) is 19.7 Å². The van der Waals surface area contributed by atoms with Crippen LogP contribution in [0, 0.1) is 0 Å². The fourth-order valence-corrected chi connectivity index (χ4v) is 1.53. The second-order valence-corrected chi connectivity index (χ2v) is 3.91. The molecular weight excluding hydrogens is 210 g/mol. The summed E-state index contributed by atoms with van der Waals surface area (Å²) in [6.45, 7) is 3.29. The van der Waals surface area contributed by atoms with Gasteiger partial charge in [0.2, 0.25) is 0 Å². The third kappa shape index (κ3) is 5.78. The van der Waals surface area contributed by atoms with E-state index in [0.29, 0.717) is 12.5 Å². The monoisotopic (exact) mass is 227 g/mol. The number of likely N-dealkylation sites (N-methyl/N-ethyl adjacent to an activating group) is 1. The van der Waals surface area contributed by atoms with E-state index in [9.17, 15) is 0 Å². The molecule has 0 aliphatic rings. The zero-order chi connectivity index (χ0) is 10.9. The Hall–Kier alpha value is -0.570. The van der Waals surface area contributed by atoms with Crippen LogP contribution in [0.25, 0.3) is 0 Å². The Morgan fingerprint density at radius 1 is 1.20 bits per heavy atom. The Morgan fingerprint density at radius 2 is 1.93 bits per heavy atom. The van der Waals surface area contributed by atoms with E-state index >= 15 is 0 Å². The molecule has 84 valence electrons. The van der Waals surface area contributed by atoms with Gasteiger partial charge < -0.3 is 9.64 Å². The zero-order valence-electron chi connectivity index (χ0n) is 9.16. The largest absolute Gasteiger partial charge is 0.375 e. The molecule has 0 heterocycles. The summed E-state index contributed by atoms with van der Waals surface area (Å²) < 4.78 is 5.55. The van der Waals surface area contributed by atoms with E-state index in [-0.39, 0.29) is 0 Å². The molecule has 1 aromatic rings. The van der Waals surface area contributed by atoms with E-state index in [2.05, 4.69) is 17.0 Å². The number of hydrogen-bond acceptors (Lipinski definition) is 2. The van der Waals surface area contributed by atoms with Crippen molar-refractivity contribution in [1.82, 2.24) is 4.90 Å². The van der Waals surface area contributed by atoms with Crippen LogP contribution in [0.4, 0.5) is 0 Å². The fraction of sp³-hybridized carbons (Fsp3) is 0.500. The lowest BCUT2D eigenvalue weighted by atomic mass is 10.2. The van der Waals surface area contributed by atoms with Gasteiger partial charge in [-0.25, -0.2) is 0 Å². The Morgan fingerprint density at radius 3 is 2.60 bits per heavy atom.